The molecule has 0 bridgehead atoms. The van der Waals surface area contributed by atoms with E-state index in [2.05, 4.69) is 93.4 Å². The summed E-state index contributed by atoms with van der Waals surface area (Å²) < 4.78 is 4.26. The Morgan fingerprint density at radius 3 is 2.50 bits per heavy atom. The van der Waals surface area contributed by atoms with E-state index in [1.807, 2.05) is 11.3 Å². The summed E-state index contributed by atoms with van der Waals surface area (Å²) in [4.78, 5) is 7.50. The van der Waals surface area contributed by atoms with Crippen LogP contribution in [0.2, 0.25) is 0 Å². The largest absolute Gasteiger partial charge is 0.319 e. The lowest BCUT2D eigenvalue weighted by Crippen LogP contribution is -2.24. The Bertz CT molecular complexity index is 1190. The van der Waals surface area contributed by atoms with Gasteiger partial charge in [0.05, 0.1) is 26.8 Å². The highest BCUT2D eigenvalue weighted by Gasteiger charge is 2.22. The van der Waals surface area contributed by atoms with Gasteiger partial charge in [-0.05, 0) is 69.4 Å². The Labute approximate surface area is 183 Å². The highest BCUT2D eigenvalue weighted by Crippen LogP contribution is 2.40. The van der Waals surface area contributed by atoms with Crippen LogP contribution in [-0.4, -0.2) is 33.4 Å². The van der Waals surface area contributed by atoms with Crippen molar-refractivity contribution in [1.82, 2.24) is 19.3 Å². The number of thiophene rings is 1. The number of hydrogen-bond donors (Lipinski definition) is 0. The van der Waals surface area contributed by atoms with Crippen LogP contribution in [-0.2, 0) is 0 Å². The monoisotopic (exact) mass is 421 g/mol. The summed E-state index contributed by atoms with van der Waals surface area (Å²) in [5.74, 6) is 0.507. The zero-order valence-electron chi connectivity index (χ0n) is 19.0. The van der Waals surface area contributed by atoms with Gasteiger partial charge in [-0.1, -0.05) is 13.8 Å². The van der Waals surface area contributed by atoms with Crippen molar-refractivity contribution < 1.29 is 0 Å². The zero-order chi connectivity index (χ0) is 21.6. The second-order valence-corrected chi connectivity index (χ2v) is 9.30. The Hall–Kier alpha value is -2.60. The van der Waals surface area contributed by atoms with E-state index in [9.17, 15) is 0 Å². The summed E-state index contributed by atoms with van der Waals surface area (Å²) in [6.45, 7) is 10.9. The molecular weight excluding hydrogens is 390 g/mol. The Kier molecular flexibility index (Phi) is 5.45. The maximum atomic E-state index is 5.00. The average molecular weight is 422 g/mol. The molecule has 4 aromatic rings. The van der Waals surface area contributed by atoms with E-state index < -0.39 is 0 Å². The van der Waals surface area contributed by atoms with Gasteiger partial charge in [-0.25, -0.2) is 9.50 Å². The minimum atomic E-state index is 0.507. The molecule has 6 heteroatoms. The minimum Gasteiger partial charge on any atom is -0.319 e. The molecule has 0 aliphatic heterocycles. The first-order valence-corrected chi connectivity index (χ1v) is 11.5. The van der Waals surface area contributed by atoms with Crippen LogP contribution in [0, 0.1) is 20.8 Å². The summed E-state index contributed by atoms with van der Waals surface area (Å²) in [7, 11) is 4.12. The van der Waals surface area contributed by atoms with Crippen LogP contribution in [0.5, 0.6) is 0 Å². The zero-order valence-corrected chi connectivity index (χ0v) is 19.8. The van der Waals surface area contributed by atoms with Gasteiger partial charge in [0, 0.05) is 25.9 Å². The molecule has 0 atom stereocenters. The van der Waals surface area contributed by atoms with Gasteiger partial charge in [0.25, 0.3) is 0 Å². The number of aryl methyl sites for hydroxylation is 3. The van der Waals surface area contributed by atoms with Crippen molar-refractivity contribution in [3.05, 3.63) is 53.0 Å². The van der Waals surface area contributed by atoms with E-state index in [4.69, 9.17) is 10.1 Å². The molecule has 0 aromatic carbocycles. The topological polar surface area (TPSA) is 38.4 Å². The van der Waals surface area contributed by atoms with Crippen molar-refractivity contribution in [2.45, 2.75) is 53.4 Å². The Balaban J connectivity index is 1.92. The Morgan fingerprint density at radius 2 is 1.83 bits per heavy atom. The first kappa shape index (κ1) is 20.7. The van der Waals surface area contributed by atoms with Gasteiger partial charge in [0.1, 0.15) is 5.69 Å². The third kappa shape index (κ3) is 3.33. The molecule has 4 rings (SSSR count). The fourth-order valence-electron chi connectivity index (χ4n) is 4.33. The third-order valence-electron chi connectivity index (χ3n) is 5.88. The molecule has 0 saturated carbocycles. The standard InChI is InChI=1S/C24H31N5S/c1-8-18(9-2)19-14-16(4)26-29-22(17(5)25-24(19)29)23-15(3)13-21(30-23)20-11-10-12-28(20)27(6)7/h10-14,18H,8-9H2,1-7H3. The third-order valence-corrected chi connectivity index (χ3v) is 7.15. The fourth-order valence-corrected chi connectivity index (χ4v) is 5.60. The van der Waals surface area contributed by atoms with Crippen LogP contribution in [0.3, 0.4) is 0 Å². The molecule has 0 radical (unpaired) electrons. The molecule has 4 heterocycles. The predicted molar refractivity (Wildman–Crippen MR) is 127 cm³/mol. The Morgan fingerprint density at radius 1 is 1.10 bits per heavy atom. The summed E-state index contributed by atoms with van der Waals surface area (Å²) >= 11 is 1.82. The van der Waals surface area contributed by atoms with E-state index >= 15 is 0 Å². The van der Waals surface area contributed by atoms with E-state index in [1.165, 1.54) is 26.6 Å². The summed E-state index contributed by atoms with van der Waals surface area (Å²) in [6.07, 6.45) is 4.32. The van der Waals surface area contributed by atoms with Gasteiger partial charge >= 0.3 is 0 Å². The lowest BCUT2D eigenvalue weighted by atomic mass is 9.95. The van der Waals surface area contributed by atoms with Gasteiger partial charge in [0.2, 0.25) is 0 Å². The molecule has 0 amide bonds. The second kappa shape index (κ2) is 7.91. The molecule has 4 aromatic heterocycles. The second-order valence-electron chi connectivity index (χ2n) is 8.24. The highest BCUT2D eigenvalue weighted by atomic mass is 32.1. The van der Waals surface area contributed by atoms with Gasteiger partial charge in [-0.3, -0.25) is 4.68 Å². The summed E-state index contributed by atoms with van der Waals surface area (Å²) in [6, 6.07) is 8.77. The molecular formula is C24H31N5S. The maximum Gasteiger partial charge on any atom is 0.158 e. The number of aromatic nitrogens is 4. The van der Waals surface area contributed by atoms with Crippen molar-refractivity contribution in [2.75, 3.05) is 19.1 Å². The molecule has 30 heavy (non-hydrogen) atoms. The van der Waals surface area contributed by atoms with E-state index in [1.54, 1.807) is 0 Å². The molecule has 0 unspecified atom stereocenters. The van der Waals surface area contributed by atoms with Crippen LogP contribution in [0.4, 0.5) is 0 Å². The molecule has 0 aliphatic carbocycles. The van der Waals surface area contributed by atoms with Gasteiger partial charge in [-0.15, -0.1) is 11.3 Å². The number of rotatable bonds is 6. The number of hydrogen-bond acceptors (Lipinski definition) is 4. The van der Waals surface area contributed by atoms with Crippen LogP contribution in [0.1, 0.15) is 55.1 Å². The van der Waals surface area contributed by atoms with Gasteiger partial charge in [-0.2, -0.15) is 5.10 Å². The summed E-state index contributed by atoms with van der Waals surface area (Å²) in [5, 5.41) is 6.98. The molecule has 5 nitrogen and oxygen atoms in total. The maximum absolute atomic E-state index is 5.00. The fraction of sp³-hybridized carbons (Fsp3) is 0.417. The van der Waals surface area contributed by atoms with Crippen molar-refractivity contribution in [1.29, 1.82) is 0 Å². The van der Waals surface area contributed by atoms with Gasteiger partial charge < -0.3 is 5.01 Å². The van der Waals surface area contributed by atoms with E-state index in [0.29, 0.717) is 5.92 Å². The molecule has 0 fully saturated rings. The minimum absolute atomic E-state index is 0.507. The van der Waals surface area contributed by atoms with Crippen LogP contribution in [0.25, 0.3) is 26.8 Å². The van der Waals surface area contributed by atoms with Gasteiger partial charge in [0.15, 0.2) is 5.65 Å². The van der Waals surface area contributed by atoms with Crippen LogP contribution in [0.15, 0.2) is 30.5 Å². The van der Waals surface area contributed by atoms with E-state index in [-0.39, 0.29) is 0 Å². The predicted octanol–water partition coefficient (Wildman–Crippen LogP) is 5.95. The van der Waals surface area contributed by atoms with Crippen molar-refractivity contribution in [2.24, 2.45) is 0 Å². The molecule has 158 valence electrons. The lowest BCUT2D eigenvalue weighted by molar-refractivity contribution is 0.638. The molecule has 0 saturated heterocycles. The normalized spacial score (nSPS) is 11.7. The number of fused-ring (bicyclic) bond motifs is 1. The first-order valence-electron chi connectivity index (χ1n) is 10.7. The molecule has 0 spiro atoms. The van der Waals surface area contributed by atoms with E-state index in [0.717, 1.165) is 35.6 Å². The number of imidazole rings is 1. The highest BCUT2D eigenvalue weighted by molar-refractivity contribution is 7.19. The van der Waals surface area contributed by atoms with Crippen LogP contribution >= 0.6 is 11.3 Å². The lowest BCUT2D eigenvalue weighted by Gasteiger charge is -2.17. The molecule has 0 N–H and O–H groups in total. The quantitative estimate of drug-likeness (QED) is 0.386. The van der Waals surface area contributed by atoms with Crippen molar-refractivity contribution in [3.8, 4) is 21.1 Å². The van der Waals surface area contributed by atoms with Crippen molar-refractivity contribution >= 4 is 17.0 Å². The number of nitrogens with zero attached hydrogens (tertiary/aromatic N) is 5. The SMILES string of the molecule is CCC(CC)c1cc(C)nn2c(-c3sc(-c4cccn4N(C)C)cc3C)c(C)nc12. The average Bonchev–Trinajstić information content (AvgIpc) is 3.39. The van der Waals surface area contributed by atoms with Crippen molar-refractivity contribution in [3.63, 3.8) is 0 Å². The first-order chi connectivity index (χ1) is 14.3. The summed E-state index contributed by atoms with van der Waals surface area (Å²) in [5.41, 5.74) is 7.99. The molecule has 0 aliphatic rings. The smallest absolute Gasteiger partial charge is 0.158 e. The van der Waals surface area contributed by atoms with Crippen LogP contribution < -0.4 is 5.01 Å².